The van der Waals surface area contributed by atoms with Crippen molar-refractivity contribution in [1.29, 1.82) is 0 Å². The third-order valence-corrected chi connectivity index (χ3v) is 5.69. The van der Waals surface area contributed by atoms with Crippen molar-refractivity contribution in [2.24, 2.45) is 5.92 Å². The van der Waals surface area contributed by atoms with Gasteiger partial charge < -0.3 is 45.7 Å². The molecule has 0 bridgehead atoms. The number of carbonyl (C=O) groups is 4. The number of aliphatic hydroxyl groups excluding tert-OH is 1. The van der Waals surface area contributed by atoms with Crippen molar-refractivity contribution in [2.45, 2.75) is 70.8 Å². The van der Waals surface area contributed by atoms with Gasteiger partial charge in [-0.05, 0) is 37.6 Å². The fourth-order valence-corrected chi connectivity index (χ4v) is 3.70. The summed E-state index contributed by atoms with van der Waals surface area (Å²) in [5, 5.41) is 29.9. The van der Waals surface area contributed by atoms with Crippen molar-refractivity contribution < 1.29 is 43.6 Å². The second-order valence-corrected chi connectivity index (χ2v) is 9.02. The Morgan fingerprint density at radius 1 is 1.11 bits per heavy atom. The molecule has 6 N–H and O–H groups in total. The summed E-state index contributed by atoms with van der Waals surface area (Å²) in [5.41, 5.74) is 0.694. The number of rotatable bonds is 11. The lowest BCUT2D eigenvalue weighted by Crippen LogP contribution is -2.51. The van der Waals surface area contributed by atoms with E-state index in [2.05, 4.69) is 21.3 Å². The second-order valence-electron chi connectivity index (χ2n) is 9.02. The molecular formula is C24H36N4O9. The fraction of sp³-hybridized carbons (Fsp3) is 0.583. The lowest BCUT2D eigenvalue weighted by atomic mass is 10.0. The van der Waals surface area contributed by atoms with E-state index in [-0.39, 0.29) is 42.7 Å². The van der Waals surface area contributed by atoms with Gasteiger partial charge in [-0.2, -0.15) is 0 Å². The molecular weight excluding hydrogens is 488 g/mol. The number of amides is 3. The van der Waals surface area contributed by atoms with Gasteiger partial charge >= 0.3 is 12.1 Å². The number of benzene rings is 1. The Morgan fingerprint density at radius 3 is 2.41 bits per heavy atom. The zero-order chi connectivity index (χ0) is 27.7. The van der Waals surface area contributed by atoms with E-state index < -0.39 is 48.6 Å². The highest BCUT2D eigenvalue weighted by Gasteiger charge is 2.34. The summed E-state index contributed by atoms with van der Waals surface area (Å²) in [5.74, 6) is -1.98. The molecule has 0 aliphatic carbocycles. The molecule has 13 nitrogen and oxygen atoms in total. The van der Waals surface area contributed by atoms with Crippen molar-refractivity contribution in [1.82, 2.24) is 16.0 Å². The molecule has 3 amide bonds. The predicted molar refractivity (Wildman–Crippen MR) is 132 cm³/mol. The molecule has 1 aliphatic rings. The highest BCUT2D eigenvalue weighted by atomic mass is 16.7. The molecule has 1 aromatic carbocycles. The van der Waals surface area contributed by atoms with Gasteiger partial charge in [0.05, 0.1) is 17.8 Å². The van der Waals surface area contributed by atoms with Crippen molar-refractivity contribution in [3.8, 4) is 5.75 Å². The number of carboxylic acid groups (broad SMARTS) is 1. The van der Waals surface area contributed by atoms with Crippen LogP contribution in [0.4, 0.5) is 10.5 Å². The van der Waals surface area contributed by atoms with Crippen LogP contribution in [-0.2, 0) is 30.5 Å². The average molecular weight is 525 g/mol. The van der Waals surface area contributed by atoms with Crippen molar-refractivity contribution in [2.75, 3.05) is 19.4 Å². The Hall–Kier alpha value is -3.42. The predicted octanol–water partition coefficient (Wildman–Crippen LogP) is 0.559. The summed E-state index contributed by atoms with van der Waals surface area (Å²) in [6.07, 6.45) is -3.98. The molecule has 206 valence electrons. The number of aliphatic carboxylic acids is 1. The molecule has 13 heteroatoms. The third-order valence-electron chi connectivity index (χ3n) is 5.69. The number of carboxylic acids is 1. The summed E-state index contributed by atoms with van der Waals surface area (Å²) >= 11 is 0. The molecule has 0 aromatic heterocycles. The number of likely N-dealkylation sites (N-methyl/N-ethyl adjacent to an activating group) is 1. The minimum atomic E-state index is -1.25. The molecule has 1 saturated heterocycles. The number of nitrogens with one attached hydrogen (secondary N) is 4. The summed E-state index contributed by atoms with van der Waals surface area (Å²) in [6, 6.07) is 3.20. The summed E-state index contributed by atoms with van der Waals surface area (Å²) < 4.78 is 16.3. The number of alkyl carbamates (subject to hydrolysis) is 1. The van der Waals surface area contributed by atoms with Crippen LogP contribution in [0.15, 0.2) is 18.2 Å². The van der Waals surface area contributed by atoms with Gasteiger partial charge in [-0.25, -0.2) is 9.59 Å². The SMILES string of the molecule is CNC(=O)OCc1ccc(OC2CC(O)CC(C(=O)O)O2)c(NC(=O)C(C)NC(=O)C(NC)C(C)C)c1. The molecule has 0 saturated carbocycles. The molecule has 1 heterocycles. The standard InChI is InChI=1S/C24H36N4O9/c1-12(2)20(25-4)22(31)27-13(3)21(30)28-16-8-14(11-35-24(34)26-5)6-7-17(16)36-19-10-15(29)9-18(37-19)23(32)33/h6-8,12-13,15,18-20,25,29H,9-11H2,1-5H3,(H,26,34)(H,27,31)(H,28,30)(H,32,33). The third kappa shape index (κ3) is 8.88. The van der Waals surface area contributed by atoms with E-state index in [1.54, 1.807) is 13.1 Å². The van der Waals surface area contributed by atoms with Crippen molar-refractivity contribution >= 4 is 29.6 Å². The van der Waals surface area contributed by atoms with Gasteiger partial charge in [-0.3, -0.25) is 9.59 Å². The second kappa shape index (κ2) is 13.8. The van der Waals surface area contributed by atoms with Crippen LogP contribution >= 0.6 is 0 Å². The number of hydrogen-bond acceptors (Lipinski definition) is 9. The first-order chi connectivity index (χ1) is 17.4. The van der Waals surface area contributed by atoms with E-state index in [9.17, 15) is 29.4 Å². The minimum absolute atomic E-state index is 0.00209. The Morgan fingerprint density at radius 2 is 1.81 bits per heavy atom. The lowest BCUT2D eigenvalue weighted by molar-refractivity contribution is -0.195. The minimum Gasteiger partial charge on any atom is -0.479 e. The van der Waals surface area contributed by atoms with E-state index in [4.69, 9.17) is 14.2 Å². The zero-order valence-corrected chi connectivity index (χ0v) is 21.6. The van der Waals surface area contributed by atoms with Gasteiger partial charge in [0, 0.05) is 19.9 Å². The first kappa shape index (κ1) is 29.8. The number of anilines is 1. The number of hydrogen-bond donors (Lipinski definition) is 6. The van der Waals surface area contributed by atoms with Crippen LogP contribution in [0.25, 0.3) is 0 Å². The highest BCUT2D eigenvalue weighted by molar-refractivity contribution is 5.98. The van der Waals surface area contributed by atoms with Crippen molar-refractivity contribution in [3.05, 3.63) is 23.8 Å². The summed E-state index contributed by atoms with van der Waals surface area (Å²) in [7, 11) is 3.08. The number of carbonyl (C=O) groups excluding carboxylic acids is 3. The van der Waals surface area contributed by atoms with Crippen molar-refractivity contribution in [3.63, 3.8) is 0 Å². The maximum atomic E-state index is 12.9. The molecule has 2 rings (SSSR count). The van der Waals surface area contributed by atoms with Gasteiger partial charge in [-0.15, -0.1) is 0 Å². The molecule has 0 spiro atoms. The largest absolute Gasteiger partial charge is 0.479 e. The van der Waals surface area contributed by atoms with Crippen LogP contribution < -0.4 is 26.0 Å². The normalized spacial score (nSPS) is 20.9. The van der Waals surface area contributed by atoms with E-state index >= 15 is 0 Å². The number of ether oxygens (including phenoxy) is 3. The molecule has 0 radical (unpaired) electrons. The average Bonchev–Trinajstić information content (AvgIpc) is 2.83. The highest BCUT2D eigenvalue weighted by Crippen LogP contribution is 2.30. The fourth-order valence-electron chi connectivity index (χ4n) is 3.70. The van der Waals surface area contributed by atoms with Gasteiger partial charge in [0.1, 0.15) is 18.4 Å². The topological polar surface area (TPSA) is 185 Å². The van der Waals surface area contributed by atoms with Crippen LogP contribution in [0.1, 0.15) is 39.2 Å². The Labute approximate surface area is 215 Å². The smallest absolute Gasteiger partial charge is 0.407 e. The molecule has 1 aromatic rings. The van der Waals surface area contributed by atoms with Crippen LogP contribution in [0.2, 0.25) is 0 Å². The quantitative estimate of drug-likeness (QED) is 0.239. The molecule has 1 aliphatic heterocycles. The van der Waals surface area contributed by atoms with Gasteiger partial charge in [0.2, 0.25) is 18.1 Å². The van der Waals surface area contributed by atoms with Crippen LogP contribution in [-0.4, -0.2) is 78.8 Å². The molecule has 37 heavy (non-hydrogen) atoms. The Balaban J connectivity index is 2.22. The molecule has 1 fully saturated rings. The van der Waals surface area contributed by atoms with Gasteiger partial charge in [0.15, 0.2) is 6.10 Å². The van der Waals surface area contributed by atoms with Gasteiger partial charge in [0.25, 0.3) is 0 Å². The maximum absolute atomic E-state index is 12.9. The number of aliphatic hydroxyl groups is 1. The van der Waals surface area contributed by atoms with Gasteiger partial charge in [-0.1, -0.05) is 19.9 Å². The lowest BCUT2D eigenvalue weighted by Gasteiger charge is -2.31. The summed E-state index contributed by atoms with van der Waals surface area (Å²) in [6.45, 7) is 5.17. The monoisotopic (exact) mass is 524 g/mol. The van der Waals surface area contributed by atoms with E-state index in [1.807, 2.05) is 13.8 Å². The maximum Gasteiger partial charge on any atom is 0.407 e. The first-order valence-corrected chi connectivity index (χ1v) is 11.9. The molecule has 5 atom stereocenters. The van der Waals surface area contributed by atoms with Crippen LogP contribution in [0, 0.1) is 5.92 Å². The summed E-state index contributed by atoms with van der Waals surface area (Å²) in [4.78, 5) is 48.3. The van der Waals surface area contributed by atoms with E-state index in [1.165, 1.54) is 26.1 Å². The van der Waals surface area contributed by atoms with Crippen LogP contribution in [0.3, 0.4) is 0 Å². The first-order valence-electron chi connectivity index (χ1n) is 11.9. The Kier molecular flexibility index (Phi) is 11.1. The van der Waals surface area contributed by atoms with E-state index in [0.717, 1.165) is 0 Å². The molecule has 5 unspecified atom stereocenters. The van der Waals surface area contributed by atoms with Crippen LogP contribution in [0.5, 0.6) is 5.75 Å². The Bertz CT molecular complexity index is 972. The zero-order valence-electron chi connectivity index (χ0n) is 21.6. The van der Waals surface area contributed by atoms with E-state index in [0.29, 0.717) is 5.56 Å².